The summed E-state index contributed by atoms with van der Waals surface area (Å²) >= 11 is 5.95. The van der Waals surface area contributed by atoms with Gasteiger partial charge in [-0.25, -0.2) is 8.42 Å². The SMILES string of the molecule is CC[C@@](Cl)(C(=O)c1ccccc1)S(C)(=O)=O. The molecule has 3 nitrogen and oxygen atoms in total. The standard InChI is InChI=1S/C11H13ClO3S/c1-3-11(12,16(2,14)15)10(13)9-7-5-4-6-8-9/h4-8H,3H2,1-2H3/t11-/m0/s1. The van der Waals surface area contributed by atoms with E-state index in [4.69, 9.17) is 11.6 Å². The predicted molar refractivity (Wildman–Crippen MR) is 64.5 cm³/mol. The lowest BCUT2D eigenvalue weighted by atomic mass is 10.1. The maximum absolute atomic E-state index is 12.0. The molecule has 0 saturated carbocycles. The van der Waals surface area contributed by atoms with Crippen molar-refractivity contribution in [1.82, 2.24) is 0 Å². The highest BCUT2D eigenvalue weighted by Gasteiger charge is 2.44. The van der Waals surface area contributed by atoms with E-state index >= 15 is 0 Å². The van der Waals surface area contributed by atoms with Crippen molar-refractivity contribution in [3.05, 3.63) is 35.9 Å². The zero-order valence-electron chi connectivity index (χ0n) is 9.10. The summed E-state index contributed by atoms with van der Waals surface area (Å²) in [5, 5.41) is 0. The Balaban J connectivity index is 3.24. The van der Waals surface area contributed by atoms with Gasteiger partial charge >= 0.3 is 0 Å². The second-order valence-electron chi connectivity index (χ2n) is 3.55. The normalized spacial score (nSPS) is 15.4. The van der Waals surface area contributed by atoms with Gasteiger partial charge in [-0.3, -0.25) is 4.79 Å². The van der Waals surface area contributed by atoms with Gasteiger partial charge in [0.15, 0.2) is 15.6 Å². The van der Waals surface area contributed by atoms with E-state index in [-0.39, 0.29) is 6.42 Å². The summed E-state index contributed by atoms with van der Waals surface area (Å²) in [6, 6.07) is 8.20. The Hall–Kier alpha value is -0.870. The number of rotatable bonds is 4. The molecular formula is C11H13ClO3S. The van der Waals surface area contributed by atoms with E-state index in [0.717, 1.165) is 6.26 Å². The van der Waals surface area contributed by atoms with Gasteiger partial charge in [0.25, 0.3) is 0 Å². The summed E-state index contributed by atoms with van der Waals surface area (Å²) in [5.41, 5.74) is 0.310. The summed E-state index contributed by atoms with van der Waals surface area (Å²) in [5.74, 6) is -0.570. The molecule has 16 heavy (non-hydrogen) atoms. The van der Waals surface area contributed by atoms with E-state index < -0.39 is 19.8 Å². The Bertz CT molecular complexity index is 481. The number of carbonyl (C=O) groups is 1. The zero-order chi connectivity index (χ0) is 12.4. The minimum absolute atomic E-state index is 0.0428. The van der Waals surface area contributed by atoms with Gasteiger partial charge in [0.2, 0.25) is 4.21 Å². The third-order valence-corrected chi connectivity index (χ3v) is 5.35. The van der Waals surface area contributed by atoms with Crippen molar-refractivity contribution in [2.75, 3.05) is 6.26 Å². The predicted octanol–water partition coefficient (Wildman–Crippen LogP) is 2.26. The fraction of sp³-hybridized carbons (Fsp3) is 0.364. The van der Waals surface area contributed by atoms with Crippen LogP contribution in [-0.2, 0) is 9.84 Å². The first-order chi connectivity index (χ1) is 7.33. The van der Waals surface area contributed by atoms with Gasteiger partial charge in [-0.2, -0.15) is 0 Å². The molecule has 88 valence electrons. The van der Waals surface area contributed by atoms with Gasteiger partial charge in [0.05, 0.1) is 0 Å². The molecule has 0 unspecified atom stereocenters. The Morgan fingerprint density at radius 3 is 2.19 bits per heavy atom. The highest BCUT2D eigenvalue weighted by molar-refractivity contribution is 7.94. The molecule has 0 saturated heterocycles. The maximum atomic E-state index is 12.0. The van der Waals surface area contributed by atoms with Crippen molar-refractivity contribution < 1.29 is 13.2 Å². The minimum atomic E-state index is -3.65. The Labute approximate surface area is 100 Å². The number of Topliss-reactive ketones (excluding diaryl/α,β-unsaturated/α-hetero) is 1. The lowest BCUT2D eigenvalue weighted by Crippen LogP contribution is -2.40. The average Bonchev–Trinajstić information content (AvgIpc) is 2.26. The van der Waals surface area contributed by atoms with Gasteiger partial charge < -0.3 is 0 Å². The molecule has 5 heteroatoms. The van der Waals surface area contributed by atoms with E-state index in [9.17, 15) is 13.2 Å². The number of hydrogen-bond acceptors (Lipinski definition) is 3. The first kappa shape index (κ1) is 13.2. The van der Waals surface area contributed by atoms with Crippen LogP contribution < -0.4 is 0 Å². The van der Waals surface area contributed by atoms with Gasteiger partial charge in [-0.05, 0) is 6.42 Å². The number of ketones is 1. The van der Waals surface area contributed by atoms with E-state index in [0.29, 0.717) is 5.56 Å². The number of carbonyl (C=O) groups excluding carboxylic acids is 1. The lowest BCUT2D eigenvalue weighted by Gasteiger charge is -2.21. The molecule has 0 amide bonds. The molecule has 0 fully saturated rings. The van der Waals surface area contributed by atoms with Crippen molar-refractivity contribution in [2.24, 2.45) is 0 Å². The molecule has 0 aromatic heterocycles. The van der Waals surface area contributed by atoms with E-state index in [1.165, 1.54) is 0 Å². The van der Waals surface area contributed by atoms with Crippen LogP contribution in [-0.4, -0.2) is 24.7 Å². The van der Waals surface area contributed by atoms with Gasteiger partial charge in [0.1, 0.15) is 0 Å². The van der Waals surface area contributed by atoms with Gasteiger partial charge in [-0.1, -0.05) is 48.9 Å². The van der Waals surface area contributed by atoms with Crippen LogP contribution in [0.4, 0.5) is 0 Å². The molecule has 0 radical (unpaired) electrons. The number of hydrogen-bond donors (Lipinski definition) is 0. The molecule has 0 aliphatic carbocycles. The second kappa shape index (κ2) is 4.55. The molecule has 0 spiro atoms. The van der Waals surface area contributed by atoms with Crippen molar-refractivity contribution >= 4 is 27.2 Å². The minimum Gasteiger partial charge on any atom is -0.291 e. The highest BCUT2D eigenvalue weighted by Crippen LogP contribution is 2.30. The molecule has 0 N–H and O–H groups in total. The fourth-order valence-electron chi connectivity index (χ4n) is 1.40. The van der Waals surface area contributed by atoms with Crippen LogP contribution in [0, 0.1) is 0 Å². The molecule has 1 aromatic carbocycles. The smallest absolute Gasteiger partial charge is 0.207 e. The lowest BCUT2D eigenvalue weighted by molar-refractivity contribution is 0.0970. The monoisotopic (exact) mass is 260 g/mol. The summed E-state index contributed by atoms with van der Waals surface area (Å²) < 4.78 is 21.2. The Morgan fingerprint density at radius 1 is 1.31 bits per heavy atom. The van der Waals surface area contributed by atoms with E-state index in [1.54, 1.807) is 37.3 Å². The molecule has 1 rings (SSSR count). The third kappa shape index (κ3) is 2.28. The van der Waals surface area contributed by atoms with Crippen molar-refractivity contribution in [2.45, 2.75) is 17.6 Å². The molecular weight excluding hydrogens is 248 g/mol. The topological polar surface area (TPSA) is 51.2 Å². The number of benzene rings is 1. The average molecular weight is 261 g/mol. The van der Waals surface area contributed by atoms with Gasteiger partial charge in [0, 0.05) is 11.8 Å². The maximum Gasteiger partial charge on any atom is 0.207 e. The van der Waals surface area contributed by atoms with Crippen molar-refractivity contribution in [1.29, 1.82) is 0 Å². The number of alkyl halides is 1. The summed E-state index contributed by atoms with van der Waals surface area (Å²) in [4.78, 5) is 12.0. The van der Waals surface area contributed by atoms with Crippen LogP contribution in [0.5, 0.6) is 0 Å². The molecule has 1 atom stereocenters. The van der Waals surface area contributed by atoms with Crippen LogP contribution in [0.2, 0.25) is 0 Å². The number of sulfone groups is 1. The van der Waals surface area contributed by atoms with Crippen LogP contribution in [0.15, 0.2) is 30.3 Å². The van der Waals surface area contributed by atoms with E-state index in [2.05, 4.69) is 0 Å². The second-order valence-corrected chi connectivity index (χ2v) is 6.66. The van der Waals surface area contributed by atoms with Crippen LogP contribution >= 0.6 is 11.6 Å². The van der Waals surface area contributed by atoms with Crippen LogP contribution in [0.25, 0.3) is 0 Å². The van der Waals surface area contributed by atoms with Crippen LogP contribution in [0.1, 0.15) is 23.7 Å². The highest BCUT2D eigenvalue weighted by atomic mass is 35.5. The number of halogens is 1. The molecule has 0 bridgehead atoms. The quantitative estimate of drug-likeness (QED) is 0.616. The molecule has 0 heterocycles. The zero-order valence-corrected chi connectivity index (χ0v) is 10.7. The summed E-state index contributed by atoms with van der Waals surface area (Å²) in [6.07, 6.45) is 1.02. The first-order valence-corrected chi connectivity index (χ1v) is 7.08. The van der Waals surface area contributed by atoms with Crippen molar-refractivity contribution in [3.63, 3.8) is 0 Å². The molecule has 1 aromatic rings. The van der Waals surface area contributed by atoms with Crippen molar-refractivity contribution in [3.8, 4) is 0 Å². The summed E-state index contributed by atoms with van der Waals surface area (Å²) in [7, 11) is -3.65. The largest absolute Gasteiger partial charge is 0.291 e. The van der Waals surface area contributed by atoms with Crippen LogP contribution in [0.3, 0.4) is 0 Å². The molecule has 0 aliphatic rings. The molecule has 0 aliphatic heterocycles. The Morgan fingerprint density at radius 2 is 1.81 bits per heavy atom. The van der Waals surface area contributed by atoms with E-state index in [1.807, 2.05) is 0 Å². The first-order valence-electron chi connectivity index (χ1n) is 4.81. The summed E-state index contributed by atoms with van der Waals surface area (Å²) in [6.45, 7) is 1.58. The third-order valence-electron chi connectivity index (χ3n) is 2.42. The van der Waals surface area contributed by atoms with Gasteiger partial charge in [-0.15, -0.1) is 0 Å². The Kier molecular flexibility index (Phi) is 3.76. The fourth-order valence-corrected chi connectivity index (χ4v) is 2.48.